The molecule has 3 rings (SSSR count). The first-order chi connectivity index (χ1) is 14.2. The Bertz CT molecular complexity index is 827. The second-order valence-corrected chi connectivity index (χ2v) is 10.2. The fraction of sp³-hybridized carbons (Fsp3) is 0.593. The maximum absolute atomic E-state index is 13.4. The van der Waals surface area contributed by atoms with Crippen LogP contribution in [0.25, 0.3) is 10.8 Å². The van der Waals surface area contributed by atoms with Gasteiger partial charge in [-0.15, -0.1) is 0 Å². The van der Waals surface area contributed by atoms with Gasteiger partial charge >= 0.3 is 0 Å². The predicted octanol–water partition coefficient (Wildman–Crippen LogP) is 6.38. The number of ether oxygens (including phenoxy) is 1. The molecule has 2 unspecified atom stereocenters. The van der Waals surface area contributed by atoms with Gasteiger partial charge in [0.05, 0.1) is 5.60 Å². The van der Waals surface area contributed by atoms with E-state index in [1.807, 2.05) is 20.8 Å². The molecule has 0 heterocycles. The van der Waals surface area contributed by atoms with Gasteiger partial charge in [0.1, 0.15) is 6.10 Å². The van der Waals surface area contributed by atoms with E-state index in [4.69, 9.17) is 10.5 Å². The molecule has 2 aromatic carbocycles. The van der Waals surface area contributed by atoms with Gasteiger partial charge in [-0.2, -0.15) is 0 Å². The lowest BCUT2D eigenvalue weighted by Gasteiger charge is -2.33. The van der Waals surface area contributed by atoms with E-state index in [-0.39, 0.29) is 17.7 Å². The normalized spacial score (nSPS) is 18.8. The van der Waals surface area contributed by atoms with Crippen LogP contribution in [0.5, 0.6) is 0 Å². The molecule has 0 saturated heterocycles. The van der Waals surface area contributed by atoms with Crippen molar-refractivity contribution in [3.8, 4) is 0 Å². The molecule has 3 atom stereocenters. The van der Waals surface area contributed by atoms with Gasteiger partial charge in [0.25, 0.3) is 0 Å². The zero-order chi connectivity index (χ0) is 21.7. The Kier molecular flexibility index (Phi) is 7.70. The first-order valence-electron chi connectivity index (χ1n) is 11.7. The molecule has 3 nitrogen and oxygen atoms in total. The Hall–Kier alpha value is -1.71. The average molecular weight is 410 g/mol. The molecule has 3 heteroatoms. The van der Waals surface area contributed by atoms with Crippen LogP contribution < -0.4 is 5.73 Å². The molecule has 30 heavy (non-hydrogen) atoms. The Labute approximate surface area is 182 Å². The van der Waals surface area contributed by atoms with Gasteiger partial charge in [-0.25, -0.2) is 0 Å². The third-order valence-electron chi connectivity index (χ3n) is 6.38. The van der Waals surface area contributed by atoms with Gasteiger partial charge in [0.15, 0.2) is 5.78 Å². The molecule has 1 saturated carbocycles. The smallest absolute Gasteiger partial charge is 0.163 e. The Balaban J connectivity index is 1.74. The van der Waals surface area contributed by atoms with E-state index >= 15 is 0 Å². The van der Waals surface area contributed by atoms with E-state index < -0.39 is 11.7 Å². The number of fused-ring (bicyclic) bond motifs is 1. The van der Waals surface area contributed by atoms with Crippen molar-refractivity contribution < 1.29 is 9.53 Å². The minimum atomic E-state index is -0.538. The molecular formula is C27H39NO2. The van der Waals surface area contributed by atoms with Crippen LogP contribution in [0.15, 0.2) is 42.5 Å². The van der Waals surface area contributed by atoms with Crippen LogP contribution in [-0.2, 0) is 9.53 Å². The summed E-state index contributed by atoms with van der Waals surface area (Å²) in [5.41, 5.74) is 7.44. The van der Waals surface area contributed by atoms with Crippen LogP contribution in [-0.4, -0.2) is 23.5 Å². The molecule has 0 aromatic heterocycles. The van der Waals surface area contributed by atoms with E-state index in [9.17, 15) is 4.79 Å². The number of hydrogen-bond acceptors (Lipinski definition) is 3. The molecule has 0 amide bonds. The number of Topliss-reactive ketones (excluding diaryl/α,β-unsaturated/α-hetero) is 1. The maximum Gasteiger partial charge on any atom is 0.163 e. The highest BCUT2D eigenvalue weighted by atomic mass is 16.5. The SMILES string of the molecule is CC(CC(=O)C(OC(C)(C)C)[C@H](N)CC1CCCCC1)c1cccc2ccccc12. The van der Waals surface area contributed by atoms with E-state index in [1.165, 1.54) is 48.4 Å². The summed E-state index contributed by atoms with van der Waals surface area (Å²) in [5.74, 6) is 0.883. The van der Waals surface area contributed by atoms with Gasteiger partial charge in [0, 0.05) is 12.5 Å². The van der Waals surface area contributed by atoms with Gasteiger partial charge in [0.2, 0.25) is 0 Å². The summed E-state index contributed by atoms with van der Waals surface area (Å²) in [6, 6.07) is 14.5. The van der Waals surface area contributed by atoms with Gasteiger partial charge in [-0.1, -0.05) is 81.5 Å². The maximum atomic E-state index is 13.4. The number of rotatable bonds is 8. The summed E-state index contributed by atoms with van der Waals surface area (Å²) in [6.07, 6.45) is 7.16. The number of hydrogen-bond donors (Lipinski definition) is 1. The highest BCUT2D eigenvalue weighted by Crippen LogP contribution is 2.31. The quantitative estimate of drug-likeness (QED) is 0.550. The van der Waals surface area contributed by atoms with E-state index in [2.05, 4.69) is 49.4 Å². The van der Waals surface area contributed by atoms with Gasteiger partial charge in [-0.05, 0) is 55.4 Å². The lowest BCUT2D eigenvalue weighted by molar-refractivity contribution is -0.143. The monoisotopic (exact) mass is 409 g/mol. The van der Waals surface area contributed by atoms with Crippen molar-refractivity contribution in [2.45, 2.75) is 96.3 Å². The van der Waals surface area contributed by atoms with Crippen LogP contribution in [0.1, 0.15) is 84.1 Å². The first-order valence-corrected chi connectivity index (χ1v) is 11.7. The lowest BCUT2D eigenvalue weighted by atomic mass is 9.82. The van der Waals surface area contributed by atoms with Gasteiger partial charge < -0.3 is 10.5 Å². The minimum Gasteiger partial charge on any atom is -0.363 e. The summed E-state index contributed by atoms with van der Waals surface area (Å²) >= 11 is 0. The van der Waals surface area contributed by atoms with Crippen molar-refractivity contribution in [3.05, 3.63) is 48.0 Å². The third kappa shape index (κ3) is 6.15. The second-order valence-electron chi connectivity index (χ2n) is 10.2. The van der Waals surface area contributed by atoms with Crippen molar-refractivity contribution in [2.24, 2.45) is 11.7 Å². The number of nitrogens with two attached hydrogens (primary N) is 1. The molecule has 1 aliphatic carbocycles. The van der Waals surface area contributed by atoms with Crippen LogP contribution >= 0.6 is 0 Å². The lowest BCUT2D eigenvalue weighted by Crippen LogP contribution is -2.47. The number of ketones is 1. The number of benzene rings is 2. The molecule has 2 N–H and O–H groups in total. The predicted molar refractivity (Wildman–Crippen MR) is 126 cm³/mol. The molecule has 0 spiro atoms. The summed E-state index contributed by atoms with van der Waals surface area (Å²) in [5, 5.41) is 2.44. The zero-order valence-electron chi connectivity index (χ0n) is 19.2. The Morgan fingerprint density at radius 1 is 1.07 bits per heavy atom. The highest BCUT2D eigenvalue weighted by molar-refractivity contribution is 5.88. The number of carbonyl (C=O) groups is 1. The third-order valence-corrected chi connectivity index (χ3v) is 6.38. The summed E-state index contributed by atoms with van der Waals surface area (Å²) < 4.78 is 6.25. The first kappa shape index (κ1) is 23.0. The van der Waals surface area contributed by atoms with Crippen LogP contribution in [0.2, 0.25) is 0 Å². The molecule has 0 aliphatic heterocycles. The topological polar surface area (TPSA) is 52.3 Å². The fourth-order valence-electron chi connectivity index (χ4n) is 4.91. The molecule has 1 aliphatic rings. The molecule has 164 valence electrons. The van der Waals surface area contributed by atoms with Crippen molar-refractivity contribution in [1.82, 2.24) is 0 Å². The van der Waals surface area contributed by atoms with E-state index in [1.54, 1.807) is 0 Å². The molecule has 1 fully saturated rings. The zero-order valence-corrected chi connectivity index (χ0v) is 19.2. The van der Waals surface area contributed by atoms with Crippen LogP contribution in [0, 0.1) is 5.92 Å². The van der Waals surface area contributed by atoms with Crippen LogP contribution in [0.3, 0.4) is 0 Å². The molecule has 0 bridgehead atoms. The van der Waals surface area contributed by atoms with E-state index in [0.717, 1.165) is 6.42 Å². The summed E-state index contributed by atoms with van der Waals surface area (Å²) in [7, 11) is 0. The fourth-order valence-corrected chi connectivity index (χ4v) is 4.91. The van der Waals surface area contributed by atoms with Gasteiger partial charge in [-0.3, -0.25) is 4.79 Å². The highest BCUT2D eigenvalue weighted by Gasteiger charge is 2.33. The summed E-state index contributed by atoms with van der Waals surface area (Å²) in [4.78, 5) is 13.4. The second kappa shape index (κ2) is 10.1. The van der Waals surface area contributed by atoms with Crippen LogP contribution in [0.4, 0.5) is 0 Å². The largest absolute Gasteiger partial charge is 0.363 e. The van der Waals surface area contributed by atoms with Crippen molar-refractivity contribution >= 4 is 16.6 Å². The van der Waals surface area contributed by atoms with Crippen molar-refractivity contribution in [2.75, 3.05) is 0 Å². The Morgan fingerprint density at radius 3 is 2.43 bits per heavy atom. The van der Waals surface area contributed by atoms with Crippen molar-refractivity contribution in [1.29, 1.82) is 0 Å². The average Bonchev–Trinajstić information content (AvgIpc) is 2.71. The standard InChI is InChI=1S/C27H39NO2/c1-19(22-16-10-14-21-13-8-9-15-23(21)22)17-25(29)26(30-27(2,3)4)24(28)18-20-11-6-5-7-12-20/h8-10,13-16,19-20,24,26H,5-7,11-12,17-18,28H2,1-4H3/t19?,24-,26?/m1/s1. The number of carbonyl (C=O) groups excluding carboxylic acids is 1. The Morgan fingerprint density at radius 2 is 1.73 bits per heavy atom. The summed E-state index contributed by atoms with van der Waals surface area (Å²) in [6.45, 7) is 8.17. The minimum absolute atomic E-state index is 0.122. The van der Waals surface area contributed by atoms with E-state index in [0.29, 0.717) is 12.3 Å². The molecule has 0 radical (unpaired) electrons. The molecular weight excluding hydrogens is 370 g/mol. The molecule has 2 aromatic rings. The van der Waals surface area contributed by atoms with Crippen molar-refractivity contribution in [3.63, 3.8) is 0 Å².